The van der Waals surface area contributed by atoms with E-state index in [2.05, 4.69) is 5.32 Å². The van der Waals surface area contributed by atoms with Gasteiger partial charge in [0, 0.05) is 44.4 Å². The Kier molecular flexibility index (Phi) is 6.82. The lowest BCUT2D eigenvalue weighted by molar-refractivity contribution is -0.137. The maximum Gasteiger partial charge on any atom is 0.417 e. The molecule has 0 bridgehead atoms. The first-order valence-electron chi connectivity index (χ1n) is 9.43. The predicted octanol–water partition coefficient (Wildman–Crippen LogP) is 3.46. The van der Waals surface area contributed by atoms with Crippen LogP contribution in [-0.4, -0.2) is 55.6 Å². The molecule has 2 aromatic carbocycles. The van der Waals surface area contributed by atoms with Crippen LogP contribution in [0.2, 0.25) is 5.02 Å². The first-order chi connectivity index (χ1) is 14.9. The summed E-state index contributed by atoms with van der Waals surface area (Å²) in [5.74, 6) is -0.921. The summed E-state index contributed by atoms with van der Waals surface area (Å²) in [6.07, 6.45) is -4.70. The van der Waals surface area contributed by atoms with Gasteiger partial charge in [-0.25, -0.2) is 8.42 Å². The summed E-state index contributed by atoms with van der Waals surface area (Å²) in [4.78, 5) is 25.4. The van der Waals surface area contributed by atoms with E-state index in [9.17, 15) is 31.2 Å². The van der Waals surface area contributed by atoms with Crippen LogP contribution in [0.3, 0.4) is 0 Å². The molecule has 1 aliphatic rings. The van der Waals surface area contributed by atoms with Gasteiger partial charge in [0.2, 0.25) is 15.9 Å². The molecule has 0 aromatic heterocycles. The van der Waals surface area contributed by atoms with E-state index >= 15 is 0 Å². The second kappa shape index (κ2) is 9.08. The lowest BCUT2D eigenvalue weighted by atomic mass is 10.1. The quantitative estimate of drug-likeness (QED) is 0.712. The van der Waals surface area contributed by atoms with Gasteiger partial charge < -0.3 is 10.2 Å². The number of benzene rings is 2. The van der Waals surface area contributed by atoms with E-state index in [0.717, 1.165) is 12.1 Å². The highest BCUT2D eigenvalue weighted by Crippen LogP contribution is 2.36. The Labute approximate surface area is 187 Å². The number of carbonyl (C=O) groups is 2. The molecule has 2 amide bonds. The number of halogens is 4. The van der Waals surface area contributed by atoms with Crippen LogP contribution in [0.15, 0.2) is 47.4 Å². The van der Waals surface area contributed by atoms with Gasteiger partial charge in [0.1, 0.15) is 0 Å². The van der Waals surface area contributed by atoms with Crippen molar-refractivity contribution >= 4 is 39.1 Å². The summed E-state index contributed by atoms with van der Waals surface area (Å²) in [7, 11) is -3.92. The smallest absolute Gasteiger partial charge is 0.340 e. The van der Waals surface area contributed by atoms with Crippen molar-refractivity contribution in [3.63, 3.8) is 0 Å². The molecule has 0 saturated carbocycles. The maximum atomic E-state index is 13.0. The van der Waals surface area contributed by atoms with Crippen molar-refractivity contribution in [3.05, 3.63) is 58.6 Å². The number of nitrogens with zero attached hydrogens (tertiary/aromatic N) is 2. The number of carbonyl (C=O) groups excluding carboxylic acids is 2. The van der Waals surface area contributed by atoms with Crippen molar-refractivity contribution in [2.24, 2.45) is 0 Å². The highest BCUT2D eigenvalue weighted by Gasteiger charge is 2.33. The molecule has 0 radical (unpaired) electrons. The number of alkyl halides is 3. The molecule has 12 heteroatoms. The van der Waals surface area contributed by atoms with Crippen LogP contribution in [0.1, 0.15) is 22.8 Å². The standard InChI is InChI=1S/C20H19ClF3N3O4S/c1-13(28)26-7-9-27(10-8-26)32(30,31)16-4-2-3-14(11-16)19(29)25-15-5-6-18(21)17(12-15)20(22,23)24/h2-6,11-12H,7-10H2,1H3,(H,25,29). The van der Waals surface area contributed by atoms with E-state index in [1.807, 2.05) is 0 Å². The first-order valence-corrected chi connectivity index (χ1v) is 11.3. The van der Waals surface area contributed by atoms with Gasteiger partial charge in [-0.3, -0.25) is 9.59 Å². The molecule has 1 heterocycles. The highest BCUT2D eigenvalue weighted by atomic mass is 35.5. The lowest BCUT2D eigenvalue weighted by Crippen LogP contribution is -2.49. The van der Waals surface area contributed by atoms with Gasteiger partial charge >= 0.3 is 6.18 Å². The number of hydrogen-bond acceptors (Lipinski definition) is 4. The molecule has 1 saturated heterocycles. The van der Waals surface area contributed by atoms with Crippen LogP contribution in [0.25, 0.3) is 0 Å². The minimum Gasteiger partial charge on any atom is -0.340 e. The zero-order valence-corrected chi connectivity index (χ0v) is 18.4. The third-order valence-electron chi connectivity index (χ3n) is 4.95. The second-order valence-electron chi connectivity index (χ2n) is 7.08. The van der Waals surface area contributed by atoms with Crippen molar-refractivity contribution in [1.82, 2.24) is 9.21 Å². The Bertz CT molecular complexity index is 1150. The number of anilines is 1. The van der Waals surface area contributed by atoms with Crippen molar-refractivity contribution < 1.29 is 31.2 Å². The largest absolute Gasteiger partial charge is 0.417 e. The summed E-state index contributed by atoms with van der Waals surface area (Å²) in [5.41, 5.74) is -1.28. The van der Waals surface area contributed by atoms with Gasteiger partial charge in [-0.15, -0.1) is 0 Å². The third kappa shape index (κ3) is 5.22. The van der Waals surface area contributed by atoms with Crippen molar-refractivity contribution in [1.29, 1.82) is 0 Å². The van der Waals surface area contributed by atoms with E-state index in [-0.39, 0.29) is 48.2 Å². The van der Waals surface area contributed by atoms with Crippen LogP contribution >= 0.6 is 11.6 Å². The molecular formula is C20H19ClF3N3O4S. The van der Waals surface area contributed by atoms with Crippen molar-refractivity contribution in [3.8, 4) is 0 Å². The first kappa shape index (κ1) is 24.0. The molecule has 1 fully saturated rings. The van der Waals surface area contributed by atoms with E-state index in [1.54, 1.807) is 0 Å². The minimum absolute atomic E-state index is 0.0445. The fourth-order valence-electron chi connectivity index (χ4n) is 3.21. The molecule has 0 atom stereocenters. The van der Waals surface area contributed by atoms with Gasteiger partial charge in [-0.05, 0) is 36.4 Å². The fourth-order valence-corrected chi connectivity index (χ4v) is 4.91. The van der Waals surface area contributed by atoms with Gasteiger partial charge in [0.05, 0.1) is 15.5 Å². The van der Waals surface area contributed by atoms with Crippen LogP contribution in [0.4, 0.5) is 18.9 Å². The van der Waals surface area contributed by atoms with E-state index in [0.29, 0.717) is 6.07 Å². The fraction of sp³-hybridized carbons (Fsp3) is 0.300. The second-order valence-corrected chi connectivity index (χ2v) is 9.43. The summed E-state index contributed by atoms with van der Waals surface area (Å²) in [5, 5.41) is 1.82. The molecule has 2 aromatic rings. The Morgan fingerprint density at radius 1 is 1.03 bits per heavy atom. The summed E-state index contributed by atoms with van der Waals surface area (Å²) in [6, 6.07) is 8.14. The normalized spacial score (nSPS) is 15.5. The molecule has 7 nitrogen and oxygen atoms in total. The number of nitrogens with one attached hydrogen (secondary N) is 1. The summed E-state index contributed by atoms with van der Waals surface area (Å²) >= 11 is 5.58. The molecule has 0 spiro atoms. The van der Waals surface area contributed by atoms with Gasteiger partial charge in [0.25, 0.3) is 5.91 Å². The van der Waals surface area contributed by atoms with E-state index < -0.39 is 32.7 Å². The van der Waals surface area contributed by atoms with Crippen LogP contribution in [0, 0.1) is 0 Å². The Morgan fingerprint density at radius 2 is 1.69 bits per heavy atom. The van der Waals surface area contributed by atoms with Crippen LogP contribution in [-0.2, 0) is 21.0 Å². The Balaban J connectivity index is 1.79. The molecule has 0 aliphatic carbocycles. The number of rotatable bonds is 4. The van der Waals surface area contributed by atoms with Crippen LogP contribution < -0.4 is 5.32 Å². The summed E-state index contributed by atoms with van der Waals surface area (Å²) in [6.45, 7) is 2.15. The van der Waals surface area contributed by atoms with E-state index in [4.69, 9.17) is 11.6 Å². The average molecular weight is 490 g/mol. The SMILES string of the molecule is CC(=O)N1CCN(S(=O)(=O)c2cccc(C(=O)Nc3ccc(Cl)c(C(F)(F)F)c3)c2)CC1. The summed E-state index contributed by atoms with van der Waals surface area (Å²) < 4.78 is 66.2. The molecule has 1 N–H and O–H groups in total. The lowest BCUT2D eigenvalue weighted by Gasteiger charge is -2.33. The molecule has 1 aliphatic heterocycles. The van der Waals surface area contributed by atoms with Gasteiger partial charge in [-0.2, -0.15) is 17.5 Å². The molecule has 3 rings (SSSR count). The third-order valence-corrected chi connectivity index (χ3v) is 7.17. The molecule has 172 valence electrons. The molecule has 0 unspecified atom stereocenters. The topological polar surface area (TPSA) is 86.8 Å². The zero-order chi connectivity index (χ0) is 23.7. The Morgan fingerprint density at radius 3 is 2.28 bits per heavy atom. The maximum absolute atomic E-state index is 13.0. The number of piperazine rings is 1. The highest BCUT2D eigenvalue weighted by molar-refractivity contribution is 7.89. The predicted molar refractivity (Wildman–Crippen MR) is 112 cm³/mol. The number of sulfonamides is 1. The van der Waals surface area contributed by atoms with Gasteiger partial charge in [0.15, 0.2) is 0 Å². The molecular weight excluding hydrogens is 471 g/mol. The van der Waals surface area contributed by atoms with Crippen molar-refractivity contribution in [2.75, 3.05) is 31.5 Å². The van der Waals surface area contributed by atoms with Crippen LogP contribution in [0.5, 0.6) is 0 Å². The monoisotopic (exact) mass is 489 g/mol. The molecule has 32 heavy (non-hydrogen) atoms. The van der Waals surface area contributed by atoms with Crippen molar-refractivity contribution in [2.45, 2.75) is 18.0 Å². The van der Waals surface area contributed by atoms with Gasteiger partial charge in [-0.1, -0.05) is 17.7 Å². The van der Waals surface area contributed by atoms with E-state index in [1.165, 1.54) is 40.4 Å². The number of hydrogen-bond donors (Lipinski definition) is 1. The average Bonchev–Trinajstić information content (AvgIpc) is 2.74. The Hall–Kier alpha value is -2.63. The number of amides is 2. The zero-order valence-electron chi connectivity index (χ0n) is 16.8. The minimum atomic E-state index is -4.70.